The maximum Gasteiger partial charge on any atom is 0 e. The Morgan fingerprint density at radius 2 is 1.22 bits per heavy atom. The van der Waals surface area contributed by atoms with Crippen LogP contribution >= 0.6 is 0 Å². The molecule has 1 N–H and O–H groups in total. The summed E-state index contributed by atoms with van der Waals surface area (Å²) in [6.45, 7) is 20.1. The van der Waals surface area contributed by atoms with Gasteiger partial charge < -0.3 is 5.11 Å². The number of aliphatic hydroxyl groups excluding tert-OH is 1. The average molecular weight is 343 g/mol. The molecule has 0 aliphatic carbocycles. The van der Waals surface area contributed by atoms with E-state index in [-0.39, 0.29) is 36.4 Å². The van der Waals surface area contributed by atoms with Crippen LogP contribution in [0.4, 0.5) is 0 Å². The monoisotopic (exact) mass is 343 g/mol. The van der Waals surface area contributed by atoms with Gasteiger partial charge in [-0.1, -0.05) is 41.5 Å². The minimum Gasteiger partial charge on any atom is 0 e. The van der Waals surface area contributed by atoms with Gasteiger partial charge in [0.2, 0.25) is 0 Å². The van der Waals surface area contributed by atoms with Crippen molar-refractivity contribution in [1.29, 1.82) is 0 Å². The van der Waals surface area contributed by atoms with Crippen molar-refractivity contribution in [2.45, 2.75) is 41.5 Å². The van der Waals surface area contributed by atoms with Crippen LogP contribution in [0.1, 0.15) is 41.5 Å². The van der Waals surface area contributed by atoms with Crippen LogP contribution in [-0.4, -0.2) is 10.9 Å². The van der Waals surface area contributed by atoms with Crippen molar-refractivity contribution in [2.75, 3.05) is 0 Å². The molecule has 0 rings (SSSR count). The third kappa shape index (κ3) is 13.4. The Morgan fingerprint density at radius 3 is 1.39 bits per heavy atom. The summed E-state index contributed by atoms with van der Waals surface area (Å²) in [6, 6.07) is 0. The van der Waals surface area contributed by atoms with Crippen molar-refractivity contribution in [3.8, 4) is 0 Å². The maximum absolute atomic E-state index is 11.5. The molecule has 0 unspecified atom stereocenters. The van der Waals surface area contributed by atoms with Crippen LogP contribution in [0, 0.1) is 24.1 Å². The van der Waals surface area contributed by atoms with Crippen LogP contribution < -0.4 is 0 Å². The van der Waals surface area contributed by atoms with Gasteiger partial charge in [-0.25, -0.2) is 0 Å². The van der Waals surface area contributed by atoms with E-state index in [9.17, 15) is 9.90 Å². The Hall–Kier alpha value is -0.687. The summed E-state index contributed by atoms with van der Waals surface area (Å²) >= 11 is 0. The molecule has 18 heavy (non-hydrogen) atoms. The zero-order valence-corrected chi connectivity index (χ0v) is 13.2. The van der Waals surface area contributed by atoms with E-state index in [0.717, 1.165) is 0 Å². The minimum atomic E-state index is -0.417. The van der Waals surface area contributed by atoms with Gasteiger partial charge in [-0.05, 0) is 0 Å². The first kappa shape index (κ1) is 26.0. The summed E-state index contributed by atoms with van der Waals surface area (Å²) in [7, 11) is 0. The molecule has 0 saturated carbocycles. The fraction of sp³-hybridized carbons (Fsp3) is 0.615. The summed E-state index contributed by atoms with van der Waals surface area (Å²) in [5.41, 5.74) is -0.764. The van der Waals surface area contributed by atoms with Gasteiger partial charge in [0, 0.05) is 36.4 Å². The number of hydrogen-bond donors (Lipinski definition) is 1. The standard InChI is InChI=1S/C11H20O2.2CO.Rh/c1-10(2,3)8(12)7-9(13)11(4,5)6;2*1-2;/h7,12H,1-6H3;;;/b8-7-;;;. The van der Waals surface area contributed by atoms with Crippen molar-refractivity contribution in [3.05, 3.63) is 25.1 Å². The first-order valence-electron chi connectivity index (χ1n) is 4.91. The molecule has 0 spiro atoms. The van der Waals surface area contributed by atoms with Gasteiger partial charge in [-0.15, -0.1) is 0 Å². The largest absolute Gasteiger partial charge is 0 e. The summed E-state index contributed by atoms with van der Waals surface area (Å²) in [5, 5.41) is 9.56. The molecule has 0 amide bonds. The summed E-state index contributed by atoms with van der Waals surface area (Å²) < 4.78 is 15.0. The van der Waals surface area contributed by atoms with Crippen LogP contribution in [0.5, 0.6) is 0 Å². The van der Waals surface area contributed by atoms with Crippen molar-refractivity contribution in [1.82, 2.24) is 0 Å². The zero-order chi connectivity index (χ0) is 14.9. The second kappa shape index (κ2) is 11.4. The molecule has 0 atom stereocenters. The van der Waals surface area contributed by atoms with E-state index >= 15 is 0 Å². The molecule has 5 heteroatoms. The van der Waals surface area contributed by atoms with Gasteiger partial charge >= 0.3 is 22.6 Å². The molecular formula is C13H20O4Rh. The fourth-order valence-electron chi connectivity index (χ4n) is 0.557. The number of rotatable bonds is 1. The molecule has 0 aromatic heterocycles. The molecule has 4 nitrogen and oxygen atoms in total. The predicted octanol–water partition coefficient (Wildman–Crippen LogP) is 3.01. The van der Waals surface area contributed by atoms with E-state index in [1.54, 1.807) is 0 Å². The number of carbonyl (C=O) groups excluding carboxylic acids is 1. The van der Waals surface area contributed by atoms with Crippen LogP contribution in [0.15, 0.2) is 11.8 Å². The van der Waals surface area contributed by atoms with Gasteiger partial charge in [-0.3, -0.25) is 4.79 Å². The summed E-state index contributed by atoms with van der Waals surface area (Å²) in [6.07, 6.45) is 1.33. The number of allylic oxidation sites excluding steroid dienone is 2. The Morgan fingerprint density at radius 1 is 0.944 bits per heavy atom. The fourth-order valence-corrected chi connectivity index (χ4v) is 0.557. The third-order valence-electron chi connectivity index (χ3n) is 1.78. The molecular weight excluding hydrogens is 323 g/mol. The molecule has 105 valence electrons. The molecule has 0 aromatic carbocycles. The Bertz CT molecular complexity index is 294. The van der Waals surface area contributed by atoms with Gasteiger partial charge in [0.15, 0.2) is 5.78 Å². The van der Waals surface area contributed by atoms with E-state index in [1.165, 1.54) is 6.08 Å². The van der Waals surface area contributed by atoms with Gasteiger partial charge in [0.05, 0.1) is 0 Å². The van der Waals surface area contributed by atoms with Crippen molar-refractivity contribution in [2.24, 2.45) is 10.8 Å². The minimum absolute atomic E-state index is 0. The van der Waals surface area contributed by atoms with Gasteiger partial charge in [0.25, 0.3) is 0 Å². The smallest absolute Gasteiger partial charge is 0 e. The van der Waals surface area contributed by atoms with Gasteiger partial charge in [-0.2, -0.15) is 0 Å². The quantitative estimate of drug-likeness (QED) is 0.261. The van der Waals surface area contributed by atoms with E-state index in [4.69, 9.17) is 9.30 Å². The van der Waals surface area contributed by atoms with Crippen LogP contribution in [0.2, 0.25) is 0 Å². The van der Waals surface area contributed by atoms with E-state index in [1.807, 2.05) is 41.5 Å². The molecule has 0 fully saturated rings. The normalized spacial score (nSPS) is 10.7. The molecule has 0 aliphatic rings. The SMILES string of the molecule is CC(C)(C)C(=O)/C=C(\O)C(C)(C)C.[C-]#[O+].[C-]#[O+].[Rh]. The summed E-state index contributed by atoms with van der Waals surface area (Å²) in [5.74, 6) is 0.104. The van der Waals surface area contributed by atoms with E-state index < -0.39 is 5.41 Å². The zero-order valence-electron chi connectivity index (χ0n) is 11.6. The molecule has 0 aliphatic heterocycles. The number of aliphatic hydroxyl groups is 1. The maximum atomic E-state index is 11.5. The van der Waals surface area contributed by atoms with Crippen molar-refractivity contribution < 1.29 is 38.7 Å². The van der Waals surface area contributed by atoms with Gasteiger partial charge in [0.1, 0.15) is 5.76 Å². The first-order valence-corrected chi connectivity index (χ1v) is 4.91. The second-order valence-electron chi connectivity index (χ2n) is 5.39. The summed E-state index contributed by atoms with van der Waals surface area (Å²) in [4.78, 5) is 11.5. The number of carbonyl (C=O) groups is 1. The first-order chi connectivity index (χ1) is 7.55. The van der Waals surface area contributed by atoms with E-state index in [0.29, 0.717) is 0 Å². The molecule has 1 radical (unpaired) electrons. The molecule has 0 aromatic rings. The molecule has 0 saturated heterocycles. The van der Waals surface area contributed by atoms with Crippen LogP contribution in [0.25, 0.3) is 0 Å². The predicted molar refractivity (Wildman–Crippen MR) is 62.5 cm³/mol. The van der Waals surface area contributed by atoms with Crippen LogP contribution in [0.3, 0.4) is 0 Å². The molecule has 0 heterocycles. The average Bonchev–Trinajstić information content (AvgIpc) is 2.21. The number of ketones is 1. The Labute approximate surface area is 122 Å². The number of hydrogen-bond acceptors (Lipinski definition) is 2. The topological polar surface area (TPSA) is 77.1 Å². The Kier molecular flexibility index (Phi) is 16.5. The third-order valence-corrected chi connectivity index (χ3v) is 1.78. The molecule has 0 bridgehead atoms. The van der Waals surface area contributed by atoms with Crippen LogP contribution in [-0.2, 0) is 33.6 Å². The van der Waals surface area contributed by atoms with Crippen molar-refractivity contribution >= 4 is 5.78 Å². The Balaban J connectivity index is -0.000000177. The second-order valence-corrected chi connectivity index (χ2v) is 5.39. The van der Waals surface area contributed by atoms with E-state index in [2.05, 4.69) is 13.3 Å². The van der Waals surface area contributed by atoms with Crippen molar-refractivity contribution in [3.63, 3.8) is 0 Å².